The van der Waals surface area contributed by atoms with Crippen LogP contribution in [0.1, 0.15) is 12.0 Å². The van der Waals surface area contributed by atoms with E-state index in [4.69, 9.17) is 5.11 Å². The summed E-state index contributed by atoms with van der Waals surface area (Å²) in [6, 6.07) is 9.05. The molecular weight excluding hydrogens is 291 g/mol. The second-order valence-corrected chi connectivity index (χ2v) is 5.27. The van der Waals surface area contributed by atoms with Crippen molar-refractivity contribution in [1.29, 1.82) is 0 Å². The Morgan fingerprint density at radius 3 is 2.55 bits per heavy atom. The van der Waals surface area contributed by atoms with Gasteiger partial charge in [-0.1, -0.05) is 30.3 Å². The van der Waals surface area contributed by atoms with Crippen molar-refractivity contribution in [3.63, 3.8) is 0 Å². The summed E-state index contributed by atoms with van der Waals surface area (Å²) in [6.07, 6.45) is -0.0810. The lowest BCUT2D eigenvalue weighted by atomic mass is 10.1. The van der Waals surface area contributed by atoms with E-state index in [9.17, 15) is 18.8 Å². The van der Waals surface area contributed by atoms with E-state index in [2.05, 4.69) is 5.32 Å². The van der Waals surface area contributed by atoms with Crippen molar-refractivity contribution in [2.24, 2.45) is 0 Å². The number of alkyl halides is 1. The summed E-state index contributed by atoms with van der Waals surface area (Å²) in [5.41, 5.74) is -1.56. The number of likely N-dealkylation sites (tertiary alicyclic amines) is 1. The fraction of sp³-hybridized carbons (Fsp3) is 0.400. The average molecular weight is 308 g/mol. The number of hydrogen-bond donors (Lipinski definition) is 2. The number of halogens is 1. The molecule has 0 saturated carbocycles. The molecule has 6 nitrogen and oxygen atoms in total. The molecule has 1 aliphatic heterocycles. The normalized spacial score (nSPS) is 20.7. The molecule has 0 bridgehead atoms. The van der Waals surface area contributed by atoms with E-state index in [1.54, 1.807) is 12.1 Å². The van der Waals surface area contributed by atoms with Crippen molar-refractivity contribution in [1.82, 2.24) is 10.2 Å². The summed E-state index contributed by atoms with van der Waals surface area (Å²) in [7, 11) is 0. The first kappa shape index (κ1) is 15.9. The van der Waals surface area contributed by atoms with Gasteiger partial charge in [-0.25, -0.2) is 9.18 Å². The predicted octanol–water partition coefficient (Wildman–Crippen LogP) is 0.370. The Morgan fingerprint density at radius 2 is 1.95 bits per heavy atom. The van der Waals surface area contributed by atoms with Gasteiger partial charge < -0.3 is 15.3 Å². The van der Waals surface area contributed by atoms with Crippen molar-refractivity contribution in [2.75, 3.05) is 19.6 Å². The van der Waals surface area contributed by atoms with E-state index >= 15 is 0 Å². The minimum Gasteiger partial charge on any atom is -0.479 e. The highest BCUT2D eigenvalue weighted by molar-refractivity contribution is 5.87. The molecule has 0 aliphatic carbocycles. The smallest absolute Gasteiger partial charge is 0.343 e. The Balaban J connectivity index is 1.79. The number of carbonyl (C=O) groups excluding carboxylic acids is 2. The van der Waals surface area contributed by atoms with Crippen molar-refractivity contribution in [2.45, 2.75) is 18.5 Å². The second kappa shape index (κ2) is 6.55. The summed E-state index contributed by atoms with van der Waals surface area (Å²) in [5, 5.41) is 11.2. The molecular formula is C15H17FN2O4. The molecule has 22 heavy (non-hydrogen) atoms. The first-order chi connectivity index (χ1) is 10.4. The van der Waals surface area contributed by atoms with Gasteiger partial charge in [0.1, 0.15) is 0 Å². The van der Waals surface area contributed by atoms with Crippen LogP contribution < -0.4 is 5.32 Å². The van der Waals surface area contributed by atoms with Crippen LogP contribution in [-0.4, -0.2) is 53.1 Å². The number of benzene rings is 1. The quantitative estimate of drug-likeness (QED) is 0.823. The molecule has 1 aromatic carbocycles. The van der Waals surface area contributed by atoms with Crippen LogP contribution in [0.3, 0.4) is 0 Å². The van der Waals surface area contributed by atoms with Gasteiger partial charge in [0.2, 0.25) is 17.5 Å². The zero-order chi connectivity index (χ0) is 16.2. The monoisotopic (exact) mass is 308 g/mol. The number of aliphatic carboxylic acids is 1. The molecule has 1 unspecified atom stereocenters. The molecule has 0 radical (unpaired) electrons. The predicted molar refractivity (Wildman–Crippen MR) is 75.8 cm³/mol. The van der Waals surface area contributed by atoms with Crippen LogP contribution in [0.5, 0.6) is 0 Å². The van der Waals surface area contributed by atoms with Gasteiger partial charge in [-0.15, -0.1) is 0 Å². The summed E-state index contributed by atoms with van der Waals surface area (Å²) < 4.78 is 13.9. The van der Waals surface area contributed by atoms with E-state index in [0.29, 0.717) is 0 Å². The maximum Gasteiger partial charge on any atom is 0.343 e. The van der Waals surface area contributed by atoms with Gasteiger partial charge in [0.15, 0.2) is 0 Å². The Kier molecular flexibility index (Phi) is 4.75. The fourth-order valence-corrected chi connectivity index (χ4v) is 2.29. The first-order valence-electron chi connectivity index (χ1n) is 6.91. The molecule has 2 N–H and O–H groups in total. The summed E-state index contributed by atoms with van der Waals surface area (Å²) in [4.78, 5) is 35.5. The zero-order valence-electron chi connectivity index (χ0n) is 11.9. The molecule has 1 saturated heterocycles. The van der Waals surface area contributed by atoms with E-state index in [-0.39, 0.29) is 31.8 Å². The largest absolute Gasteiger partial charge is 0.479 e. The lowest BCUT2D eigenvalue weighted by molar-refractivity contribution is -0.150. The molecule has 0 aromatic heterocycles. The van der Waals surface area contributed by atoms with E-state index < -0.39 is 24.1 Å². The van der Waals surface area contributed by atoms with Gasteiger partial charge in [-0.2, -0.15) is 0 Å². The molecule has 1 aliphatic rings. The van der Waals surface area contributed by atoms with Gasteiger partial charge in [-0.05, 0) is 5.56 Å². The Hall–Kier alpha value is -2.44. The van der Waals surface area contributed by atoms with Crippen molar-refractivity contribution in [3.8, 4) is 0 Å². The third-order valence-electron chi connectivity index (χ3n) is 3.60. The van der Waals surface area contributed by atoms with Gasteiger partial charge in [0.25, 0.3) is 0 Å². The number of nitrogens with one attached hydrogen (secondary N) is 1. The van der Waals surface area contributed by atoms with Crippen LogP contribution in [0, 0.1) is 0 Å². The Labute approximate surface area is 126 Å². The van der Waals surface area contributed by atoms with Gasteiger partial charge in [0.05, 0.1) is 19.5 Å². The Bertz CT molecular complexity index is 578. The number of hydrogen-bond acceptors (Lipinski definition) is 3. The van der Waals surface area contributed by atoms with Crippen molar-refractivity contribution >= 4 is 17.8 Å². The van der Waals surface area contributed by atoms with Crippen molar-refractivity contribution < 1.29 is 23.9 Å². The zero-order valence-corrected chi connectivity index (χ0v) is 11.9. The third-order valence-corrected chi connectivity index (χ3v) is 3.60. The number of amides is 2. The van der Waals surface area contributed by atoms with E-state index in [1.165, 1.54) is 0 Å². The van der Waals surface area contributed by atoms with Crippen LogP contribution in [-0.2, 0) is 20.8 Å². The van der Waals surface area contributed by atoms with E-state index in [0.717, 1.165) is 10.5 Å². The maximum absolute atomic E-state index is 13.9. The lowest BCUT2D eigenvalue weighted by Crippen LogP contribution is -2.43. The highest BCUT2D eigenvalue weighted by Gasteiger charge is 2.46. The van der Waals surface area contributed by atoms with Crippen LogP contribution in [0.25, 0.3) is 0 Å². The summed E-state index contributed by atoms with van der Waals surface area (Å²) in [6.45, 7) is -0.701. The maximum atomic E-state index is 13.9. The van der Waals surface area contributed by atoms with Crippen LogP contribution in [0.15, 0.2) is 30.3 Å². The SMILES string of the molecule is O=C(Cc1ccccc1)NCC(=O)N1CCC(F)(C(=O)O)C1. The van der Waals surface area contributed by atoms with Gasteiger partial charge >= 0.3 is 5.97 Å². The number of nitrogens with zero attached hydrogens (tertiary/aromatic N) is 1. The first-order valence-corrected chi connectivity index (χ1v) is 6.91. The number of carboxylic acids is 1. The molecule has 7 heteroatoms. The average Bonchev–Trinajstić information content (AvgIpc) is 2.90. The van der Waals surface area contributed by atoms with E-state index in [1.807, 2.05) is 18.2 Å². The molecule has 1 atom stereocenters. The van der Waals surface area contributed by atoms with Crippen LogP contribution >= 0.6 is 0 Å². The molecule has 1 heterocycles. The van der Waals surface area contributed by atoms with Crippen LogP contribution in [0.2, 0.25) is 0 Å². The lowest BCUT2D eigenvalue weighted by Gasteiger charge is -2.18. The van der Waals surface area contributed by atoms with Crippen LogP contribution in [0.4, 0.5) is 4.39 Å². The standard InChI is InChI=1S/C15H17FN2O4/c16-15(14(21)22)6-7-18(10-15)13(20)9-17-12(19)8-11-4-2-1-3-5-11/h1-5H,6-10H2,(H,17,19)(H,21,22). The summed E-state index contributed by atoms with van der Waals surface area (Å²) in [5.74, 6) is -2.36. The highest BCUT2D eigenvalue weighted by Crippen LogP contribution is 2.25. The minimum absolute atomic E-state index is 0.0379. The molecule has 0 spiro atoms. The number of carbonyl (C=O) groups is 3. The summed E-state index contributed by atoms with van der Waals surface area (Å²) >= 11 is 0. The van der Waals surface area contributed by atoms with Gasteiger partial charge in [0, 0.05) is 13.0 Å². The molecule has 2 rings (SSSR count). The second-order valence-electron chi connectivity index (χ2n) is 5.27. The molecule has 1 fully saturated rings. The molecule has 118 valence electrons. The molecule has 2 amide bonds. The topological polar surface area (TPSA) is 86.7 Å². The van der Waals surface area contributed by atoms with Crippen molar-refractivity contribution in [3.05, 3.63) is 35.9 Å². The van der Waals surface area contributed by atoms with Gasteiger partial charge in [-0.3, -0.25) is 9.59 Å². The molecule has 1 aromatic rings. The minimum atomic E-state index is -2.39. The Morgan fingerprint density at radius 1 is 1.27 bits per heavy atom. The fourth-order valence-electron chi connectivity index (χ4n) is 2.29. The number of rotatable bonds is 5. The highest BCUT2D eigenvalue weighted by atomic mass is 19.1. The number of carboxylic acid groups (broad SMARTS) is 1. The third kappa shape index (κ3) is 3.81.